The van der Waals surface area contributed by atoms with Gasteiger partial charge < -0.3 is 9.84 Å². The summed E-state index contributed by atoms with van der Waals surface area (Å²) in [4.78, 5) is 15.2. The molecule has 0 saturated heterocycles. The van der Waals surface area contributed by atoms with Crippen LogP contribution >= 0.6 is 0 Å². The number of aromatic carboxylic acids is 1. The van der Waals surface area contributed by atoms with Crippen molar-refractivity contribution in [3.63, 3.8) is 0 Å². The van der Waals surface area contributed by atoms with Gasteiger partial charge in [0, 0.05) is 12.8 Å². The molecule has 0 aromatic carbocycles. The third kappa shape index (κ3) is 2.79. The molecule has 0 aliphatic heterocycles. The van der Waals surface area contributed by atoms with E-state index in [9.17, 15) is 4.79 Å². The van der Waals surface area contributed by atoms with E-state index in [2.05, 4.69) is 10.1 Å². The molecule has 6 heteroatoms. The summed E-state index contributed by atoms with van der Waals surface area (Å²) in [5, 5.41) is 13.0. The van der Waals surface area contributed by atoms with Crippen LogP contribution < -0.4 is 0 Å². The van der Waals surface area contributed by atoms with Crippen LogP contribution in [0.5, 0.6) is 0 Å². The fourth-order valence-corrected chi connectivity index (χ4v) is 1.70. The van der Waals surface area contributed by atoms with E-state index >= 15 is 0 Å². The Labute approximate surface area is 110 Å². The first kappa shape index (κ1) is 13.2. The van der Waals surface area contributed by atoms with Crippen LogP contribution in [-0.4, -0.2) is 32.4 Å². The minimum absolute atomic E-state index is 0.181. The highest BCUT2D eigenvalue weighted by atomic mass is 16.5. The van der Waals surface area contributed by atoms with E-state index in [0.29, 0.717) is 24.7 Å². The van der Waals surface area contributed by atoms with Gasteiger partial charge >= 0.3 is 5.97 Å². The molecule has 2 aromatic rings. The van der Waals surface area contributed by atoms with Crippen molar-refractivity contribution in [3.8, 4) is 5.82 Å². The number of nitrogens with zero attached hydrogens (tertiary/aromatic N) is 3. The monoisotopic (exact) mass is 261 g/mol. The summed E-state index contributed by atoms with van der Waals surface area (Å²) in [5.41, 5.74) is 1.70. The molecule has 6 nitrogen and oxygen atoms in total. The third-order valence-electron chi connectivity index (χ3n) is 2.74. The summed E-state index contributed by atoms with van der Waals surface area (Å²) in [6.45, 7) is 4.80. The van der Waals surface area contributed by atoms with E-state index in [-0.39, 0.29) is 5.56 Å². The molecule has 0 bridgehead atoms. The summed E-state index contributed by atoms with van der Waals surface area (Å²) in [5.74, 6) is -0.401. The van der Waals surface area contributed by atoms with Crippen molar-refractivity contribution < 1.29 is 14.6 Å². The fraction of sp³-hybridized carbons (Fsp3) is 0.308. The number of ether oxygens (including phenoxy) is 1. The maximum Gasteiger partial charge on any atom is 0.339 e. The Hall–Kier alpha value is -2.21. The molecule has 0 saturated carbocycles. The zero-order valence-electron chi connectivity index (χ0n) is 10.8. The average molecular weight is 261 g/mol. The number of carboxylic acid groups (broad SMARTS) is 1. The molecule has 0 amide bonds. The fourth-order valence-electron chi connectivity index (χ4n) is 1.70. The lowest BCUT2D eigenvalue weighted by atomic mass is 10.2. The van der Waals surface area contributed by atoms with Gasteiger partial charge in [0.2, 0.25) is 0 Å². The molecule has 0 spiro atoms. The Morgan fingerprint density at radius 1 is 1.42 bits per heavy atom. The predicted octanol–water partition coefficient (Wildman–Crippen LogP) is 1.81. The van der Waals surface area contributed by atoms with Crippen molar-refractivity contribution in [1.29, 1.82) is 0 Å². The van der Waals surface area contributed by atoms with E-state index in [1.165, 1.54) is 10.9 Å². The van der Waals surface area contributed by atoms with Crippen LogP contribution in [-0.2, 0) is 11.3 Å². The maximum atomic E-state index is 10.9. The summed E-state index contributed by atoms with van der Waals surface area (Å²) >= 11 is 0. The minimum Gasteiger partial charge on any atom is -0.478 e. The molecular weight excluding hydrogens is 246 g/mol. The highest BCUT2D eigenvalue weighted by Gasteiger charge is 2.14. The van der Waals surface area contributed by atoms with Crippen LogP contribution in [0, 0.1) is 6.92 Å². The van der Waals surface area contributed by atoms with Gasteiger partial charge in [0.25, 0.3) is 0 Å². The first-order valence-corrected chi connectivity index (χ1v) is 5.94. The van der Waals surface area contributed by atoms with Crippen LogP contribution in [0.4, 0.5) is 0 Å². The number of hydrogen-bond acceptors (Lipinski definition) is 4. The van der Waals surface area contributed by atoms with Gasteiger partial charge in [0.05, 0.1) is 18.5 Å². The van der Waals surface area contributed by atoms with Crippen LogP contribution in [0.15, 0.2) is 24.5 Å². The Balaban J connectivity index is 2.25. The van der Waals surface area contributed by atoms with E-state index in [1.54, 1.807) is 19.2 Å². The molecule has 1 N–H and O–H groups in total. The molecule has 2 heterocycles. The summed E-state index contributed by atoms with van der Waals surface area (Å²) < 4.78 is 6.79. The number of hydrogen-bond donors (Lipinski definition) is 1. The smallest absolute Gasteiger partial charge is 0.339 e. The molecule has 100 valence electrons. The molecular formula is C13H15N3O3. The van der Waals surface area contributed by atoms with Gasteiger partial charge in [0.15, 0.2) is 5.82 Å². The van der Waals surface area contributed by atoms with E-state index in [1.807, 2.05) is 13.0 Å². The number of carbonyl (C=O) groups is 1. The lowest BCUT2D eigenvalue weighted by molar-refractivity contribution is 0.0696. The highest BCUT2D eigenvalue weighted by molar-refractivity contribution is 5.88. The second-order valence-corrected chi connectivity index (χ2v) is 4.02. The Morgan fingerprint density at radius 3 is 2.74 bits per heavy atom. The molecule has 19 heavy (non-hydrogen) atoms. The maximum absolute atomic E-state index is 10.9. The highest BCUT2D eigenvalue weighted by Crippen LogP contribution is 2.13. The Morgan fingerprint density at radius 2 is 2.21 bits per heavy atom. The first-order chi connectivity index (χ1) is 9.13. The molecule has 2 rings (SSSR count). The van der Waals surface area contributed by atoms with Gasteiger partial charge in [-0.1, -0.05) is 6.07 Å². The van der Waals surface area contributed by atoms with Gasteiger partial charge in [-0.25, -0.2) is 14.5 Å². The molecule has 0 radical (unpaired) electrons. The predicted molar refractivity (Wildman–Crippen MR) is 68.4 cm³/mol. The zero-order chi connectivity index (χ0) is 13.8. The lowest BCUT2D eigenvalue weighted by Crippen LogP contribution is -2.04. The molecule has 0 unspecified atom stereocenters. The van der Waals surface area contributed by atoms with E-state index < -0.39 is 5.97 Å². The Bertz CT molecular complexity index is 575. The zero-order valence-corrected chi connectivity index (χ0v) is 10.8. The molecule has 0 aliphatic rings. The summed E-state index contributed by atoms with van der Waals surface area (Å²) in [7, 11) is 0. The van der Waals surface area contributed by atoms with Crippen LogP contribution in [0.3, 0.4) is 0 Å². The van der Waals surface area contributed by atoms with E-state index in [4.69, 9.17) is 9.84 Å². The van der Waals surface area contributed by atoms with Gasteiger partial charge in [-0.15, -0.1) is 0 Å². The minimum atomic E-state index is -0.989. The number of pyridine rings is 1. The van der Waals surface area contributed by atoms with Crippen molar-refractivity contribution >= 4 is 5.97 Å². The van der Waals surface area contributed by atoms with Crippen molar-refractivity contribution in [3.05, 3.63) is 41.3 Å². The summed E-state index contributed by atoms with van der Waals surface area (Å²) in [6, 6.07) is 3.68. The number of aromatic nitrogens is 3. The van der Waals surface area contributed by atoms with Gasteiger partial charge in [-0.3, -0.25) is 0 Å². The normalized spacial score (nSPS) is 10.6. The standard InChI is InChI=1S/C13H15N3O3/c1-3-19-8-10-4-5-12(14-6-10)16-9(2)11(7-15-16)13(17)18/h4-7H,3,8H2,1-2H3,(H,17,18). The SMILES string of the molecule is CCOCc1ccc(-n2ncc(C(=O)O)c2C)nc1. The van der Waals surface area contributed by atoms with E-state index in [0.717, 1.165) is 5.56 Å². The average Bonchev–Trinajstić information content (AvgIpc) is 2.79. The number of rotatable bonds is 5. The van der Waals surface area contributed by atoms with Crippen molar-refractivity contribution in [1.82, 2.24) is 14.8 Å². The number of carboxylic acids is 1. The van der Waals surface area contributed by atoms with Crippen LogP contribution in [0.25, 0.3) is 5.82 Å². The largest absolute Gasteiger partial charge is 0.478 e. The van der Waals surface area contributed by atoms with Crippen molar-refractivity contribution in [2.45, 2.75) is 20.5 Å². The first-order valence-electron chi connectivity index (χ1n) is 5.94. The van der Waals surface area contributed by atoms with Gasteiger partial charge in [0.1, 0.15) is 5.56 Å². The van der Waals surface area contributed by atoms with Crippen molar-refractivity contribution in [2.75, 3.05) is 6.61 Å². The quantitative estimate of drug-likeness (QED) is 0.888. The lowest BCUT2D eigenvalue weighted by Gasteiger charge is -2.05. The van der Waals surface area contributed by atoms with Gasteiger partial charge in [-0.2, -0.15) is 5.10 Å². The molecule has 0 aliphatic carbocycles. The van der Waals surface area contributed by atoms with Crippen LogP contribution in [0.2, 0.25) is 0 Å². The second kappa shape index (κ2) is 5.62. The Kier molecular flexibility index (Phi) is 3.91. The van der Waals surface area contributed by atoms with Gasteiger partial charge in [-0.05, 0) is 25.5 Å². The van der Waals surface area contributed by atoms with Crippen molar-refractivity contribution in [2.24, 2.45) is 0 Å². The topological polar surface area (TPSA) is 77.2 Å². The molecule has 2 aromatic heterocycles. The third-order valence-corrected chi connectivity index (χ3v) is 2.74. The molecule has 0 fully saturated rings. The second-order valence-electron chi connectivity index (χ2n) is 4.02. The van der Waals surface area contributed by atoms with Crippen LogP contribution in [0.1, 0.15) is 28.5 Å². The summed E-state index contributed by atoms with van der Waals surface area (Å²) in [6.07, 6.45) is 3.03. The molecule has 0 atom stereocenters.